The Labute approximate surface area is 106 Å². The molecule has 0 aromatic carbocycles. The van der Waals surface area contributed by atoms with Crippen LogP contribution in [0.3, 0.4) is 0 Å². The lowest BCUT2D eigenvalue weighted by Crippen LogP contribution is -2.32. The van der Waals surface area contributed by atoms with Gasteiger partial charge in [0.1, 0.15) is 6.10 Å². The summed E-state index contributed by atoms with van der Waals surface area (Å²) >= 11 is 1.65. The third kappa shape index (κ3) is 3.44. The minimum atomic E-state index is -0.366. The van der Waals surface area contributed by atoms with Gasteiger partial charge in [-0.05, 0) is 38.0 Å². The summed E-state index contributed by atoms with van der Waals surface area (Å²) < 4.78 is 5.51. The van der Waals surface area contributed by atoms with Crippen LogP contribution in [0.5, 0.6) is 0 Å². The van der Waals surface area contributed by atoms with Gasteiger partial charge in [-0.25, -0.2) is 0 Å². The zero-order chi connectivity index (χ0) is 12.1. The SMILES string of the molecule is CC#Cc1ccc(C=CC2OCCCC2O)s1. The lowest BCUT2D eigenvalue weighted by atomic mass is 10.1. The second kappa shape index (κ2) is 6.02. The molecule has 2 heterocycles. The summed E-state index contributed by atoms with van der Waals surface area (Å²) in [6.45, 7) is 2.57. The number of aliphatic hydroxyl groups is 1. The Morgan fingerprint density at radius 2 is 2.41 bits per heavy atom. The van der Waals surface area contributed by atoms with E-state index in [9.17, 15) is 5.11 Å². The van der Waals surface area contributed by atoms with E-state index in [1.54, 1.807) is 11.3 Å². The van der Waals surface area contributed by atoms with E-state index < -0.39 is 0 Å². The zero-order valence-corrected chi connectivity index (χ0v) is 10.7. The molecule has 2 nitrogen and oxygen atoms in total. The Bertz CT molecular complexity index is 450. The maximum Gasteiger partial charge on any atom is 0.102 e. The Kier molecular flexibility index (Phi) is 4.38. The van der Waals surface area contributed by atoms with E-state index in [0.717, 1.165) is 29.2 Å². The molecular formula is C14H16O2S. The fourth-order valence-electron chi connectivity index (χ4n) is 1.79. The Balaban J connectivity index is 2.00. The van der Waals surface area contributed by atoms with Crippen molar-refractivity contribution in [2.75, 3.05) is 6.61 Å². The normalized spacial score (nSPS) is 24.6. The molecule has 1 aliphatic heterocycles. The number of thiophene rings is 1. The second-order valence-electron chi connectivity index (χ2n) is 3.98. The molecule has 1 N–H and O–H groups in total. The maximum absolute atomic E-state index is 9.74. The average molecular weight is 248 g/mol. The van der Waals surface area contributed by atoms with Crippen LogP contribution in [-0.4, -0.2) is 23.9 Å². The summed E-state index contributed by atoms with van der Waals surface area (Å²) in [5, 5.41) is 9.74. The van der Waals surface area contributed by atoms with E-state index in [-0.39, 0.29) is 12.2 Å². The highest BCUT2D eigenvalue weighted by Gasteiger charge is 2.20. The molecule has 90 valence electrons. The summed E-state index contributed by atoms with van der Waals surface area (Å²) in [6.07, 6.45) is 5.19. The molecule has 1 aromatic rings. The van der Waals surface area contributed by atoms with Crippen LogP contribution in [0.4, 0.5) is 0 Å². The van der Waals surface area contributed by atoms with Crippen LogP contribution in [0.15, 0.2) is 18.2 Å². The van der Waals surface area contributed by atoms with Crippen molar-refractivity contribution < 1.29 is 9.84 Å². The molecule has 2 rings (SSSR count). The first kappa shape index (κ1) is 12.4. The van der Waals surface area contributed by atoms with Gasteiger partial charge < -0.3 is 9.84 Å². The first-order valence-corrected chi connectivity index (χ1v) is 6.61. The number of ether oxygens (including phenoxy) is 1. The molecule has 0 amide bonds. The Morgan fingerprint density at radius 3 is 3.18 bits per heavy atom. The van der Waals surface area contributed by atoms with Crippen molar-refractivity contribution in [2.45, 2.75) is 32.0 Å². The summed E-state index contributed by atoms with van der Waals surface area (Å²) in [5.74, 6) is 5.91. The average Bonchev–Trinajstić information content (AvgIpc) is 2.76. The summed E-state index contributed by atoms with van der Waals surface area (Å²) in [7, 11) is 0. The van der Waals surface area contributed by atoms with Crippen LogP contribution >= 0.6 is 11.3 Å². The molecule has 1 aliphatic rings. The lowest BCUT2D eigenvalue weighted by molar-refractivity contribution is -0.0479. The molecule has 0 aliphatic carbocycles. The first-order chi connectivity index (χ1) is 8.29. The molecule has 1 fully saturated rings. The van der Waals surface area contributed by atoms with Crippen molar-refractivity contribution in [3.05, 3.63) is 28.0 Å². The number of rotatable bonds is 2. The standard InChI is InChI=1S/C14H16O2S/c1-2-4-11-6-7-12(17-11)8-9-14-13(15)5-3-10-16-14/h6-9,13-15H,3,5,10H2,1H3. The second-order valence-corrected chi connectivity index (χ2v) is 5.10. The summed E-state index contributed by atoms with van der Waals surface area (Å²) in [4.78, 5) is 2.21. The van der Waals surface area contributed by atoms with Crippen LogP contribution < -0.4 is 0 Å². The molecule has 2 unspecified atom stereocenters. The molecule has 0 spiro atoms. The van der Waals surface area contributed by atoms with Gasteiger partial charge in [0.05, 0.1) is 11.0 Å². The fraction of sp³-hybridized carbons (Fsp3) is 0.429. The van der Waals surface area contributed by atoms with Crippen molar-refractivity contribution in [1.29, 1.82) is 0 Å². The maximum atomic E-state index is 9.74. The van der Waals surface area contributed by atoms with Crippen molar-refractivity contribution in [1.82, 2.24) is 0 Å². The highest BCUT2D eigenvalue weighted by Crippen LogP contribution is 2.20. The molecule has 17 heavy (non-hydrogen) atoms. The van der Waals surface area contributed by atoms with Gasteiger partial charge in [0.2, 0.25) is 0 Å². The molecule has 0 bridgehead atoms. The molecule has 1 saturated heterocycles. The third-order valence-corrected chi connectivity index (χ3v) is 3.62. The van der Waals surface area contributed by atoms with Crippen molar-refractivity contribution in [3.63, 3.8) is 0 Å². The molecule has 2 atom stereocenters. The van der Waals surface area contributed by atoms with Gasteiger partial charge in [0, 0.05) is 11.5 Å². The van der Waals surface area contributed by atoms with Gasteiger partial charge in [0.15, 0.2) is 0 Å². The van der Waals surface area contributed by atoms with Crippen molar-refractivity contribution in [2.24, 2.45) is 0 Å². The summed E-state index contributed by atoms with van der Waals surface area (Å²) in [5.41, 5.74) is 0. The topological polar surface area (TPSA) is 29.5 Å². The van der Waals surface area contributed by atoms with Gasteiger partial charge >= 0.3 is 0 Å². The number of aliphatic hydroxyl groups excluding tert-OH is 1. The molecule has 0 saturated carbocycles. The van der Waals surface area contributed by atoms with E-state index in [1.807, 2.05) is 31.2 Å². The predicted molar refractivity (Wildman–Crippen MR) is 70.9 cm³/mol. The lowest BCUT2D eigenvalue weighted by Gasteiger charge is -2.25. The van der Waals surface area contributed by atoms with E-state index in [2.05, 4.69) is 11.8 Å². The van der Waals surface area contributed by atoms with Gasteiger partial charge in [-0.15, -0.1) is 17.3 Å². The Morgan fingerprint density at radius 1 is 1.53 bits per heavy atom. The molecular weight excluding hydrogens is 232 g/mol. The van der Waals surface area contributed by atoms with Crippen LogP contribution in [0, 0.1) is 11.8 Å². The minimum absolute atomic E-state index is 0.161. The number of hydrogen-bond donors (Lipinski definition) is 1. The predicted octanol–water partition coefficient (Wildman–Crippen LogP) is 2.67. The zero-order valence-electron chi connectivity index (χ0n) is 9.85. The van der Waals surface area contributed by atoms with E-state index in [0.29, 0.717) is 0 Å². The Hall–Kier alpha value is -1.08. The minimum Gasteiger partial charge on any atom is -0.390 e. The fourth-order valence-corrected chi connectivity index (χ4v) is 2.62. The smallest absolute Gasteiger partial charge is 0.102 e. The van der Waals surface area contributed by atoms with Crippen molar-refractivity contribution in [3.8, 4) is 11.8 Å². The van der Waals surface area contributed by atoms with E-state index in [4.69, 9.17) is 4.74 Å². The molecule has 3 heteroatoms. The highest BCUT2D eigenvalue weighted by molar-refractivity contribution is 7.13. The summed E-state index contributed by atoms with van der Waals surface area (Å²) in [6, 6.07) is 4.05. The quantitative estimate of drug-likeness (QED) is 0.815. The van der Waals surface area contributed by atoms with Gasteiger partial charge in [0.25, 0.3) is 0 Å². The molecule has 1 aromatic heterocycles. The first-order valence-electron chi connectivity index (χ1n) is 5.80. The molecule has 0 radical (unpaired) electrons. The van der Waals surface area contributed by atoms with E-state index in [1.165, 1.54) is 0 Å². The number of hydrogen-bond acceptors (Lipinski definition) is 3. The van der Waals surface area contributed by atoms with Crippen LogP contribution in [0.1, 0.15) is 29.5 Å². The van der Waals surface area contributed by atoms with E-state index >= 15 is 0 Å². The van der Waals surface area contributed by atoms with Crippen LogP contribution in [-0.2, 0) is 4.74 Å². The monoisotopic (exact) mass is 248 g/mol. The largest absolute Gasteiger partial charge is 0.390 e. The van der Waals surface area contributed by atoms with Crippen molar-refractivity contribution >= 4 is 17.4 Å². The van der Waals surface area contributed by atoms with Gasteiger partial charge in [-0.2, -0.15) is 0 Å². The highest BCUT2D eigenvalue weighted by atomic mass is 32.1. The van der Waals surface area contributed by atoms with Crippen LogP contribution in [0.2, 0.25) is 0 Å². The van der Waals surface area contributed by atoms with Gasteiger partial charge in [-0.1, -0.05) is 12.0 Å². The third-order valence-electron chi connectivity index (χ3n) is 2.66. The van der Waals surface area contributed by atoms with Gasteiger partial charge in [-0.3, -0.25) is 0 Å². The van der Waals surface area contributed by atoms with Crippen LogP contribution in [0.25, 0.3) is 6.08 Å².